The Hall–Kier alpha value is -0.940. The van der Waals surface area contributed by atoms with Crippen LogP contribution in [0, 0.1) is 0 Å². The van der Waals surface area contributed by atoms with Gasteiger partial charge in [0.1, 0.15) is 12.4 Å². The van der Waals surface area contributed by atoms with Crippen molar-refractivity contribution in [3.63, 3.8) is 0 Å². The van der Waals surface area contributed by atoms with E-state index < -0.39 is 0 Å². The molecular formula is C10H19NO4. The van der Waals surface area contributed by atoms with E-state index >= 15 is 0 Å². The van der Waals surface area contributed by atoms with Gasteiger partial charge in [-0.3, -0.25) is 9.59 Å². The molecule has 5 nitrogen and oxygen atoms in total. The molecule has 0 spiro atoms. The Bertz CT molecular complexity index is 194. The Morgan fingerprint density at radius 2 is 1.80 bits per heavy atom. The second-order valence-corrected chi connectivity index (χ2v) is 3.14. The van der Waals surface area contributed by atoms with Crippen LogP contribution in [0.3, 0.4) is 0 Å². The minimum Gasteiger partial charge on any atom is -0.379 e. The van der Waals surface area contributed by atoms with Crippen LogP contribution in [0.4, 0.5) is 0 Å². The van der Waals surface area contributed by atoms with Crippen molar-refractivity contribution in [1.82, 2.24) is 5.32 Å². The zero-order valence-corrected chi connectivity index (χ0v) is 9.38. The van der Waals surface area contributed by atoms with E-state index in [1.807, 2.05) is 6.92 Å². The molecule has 1 amide bonds. The maximum absolute atomic E-state index is 11.0. The van der Waals surface area contributed by atoms with Gasteiger partial charge >= 0.3 is 0 Å². The number of hydrogen-bond acceptors (Lipinski definition) is 4. The molecule has 0 fully saturated rings. The van der Waals surface area contributed by atoms with Gasteiger partial charge in [-0.1, -0.05) is 6.92 Å². The van der Waals surface area contributed by atoms with Crippen molar-refractivity contribution in [3.8, 4) is 0 Å². The fourth-order valence-corrected chi connectivity index (χ4v) is 0.803. The normalized spacial score (nSPS) is 10.0. The summed E-state index contributed by atoms with van der Waals surface area (Å²) in [5, 5.41) is 2.43. The van der Waals surface area contributed by atoms with Crippen molar-refractivity contribution < 1.29 is 19.1 Å². The summed E-state index contributed by atoms with van der Waals surface area (Å²) < 4.78 is 10.2. The van der Waals surface area contributed by atoms with Gasteiger partial charge < -0.3 is 14.8 Å². The standard InChI is InChI=1S/C10H19NO4/c1-3-4-14-5-6-15-8-10(13)11-7-9(2)12/h3-8H2,1-2H3,(H,11,13). The predicted octanol–water partition coefficient (Wildman–Crippen LogP) is 0.135. The van der Waals surface area contributed by atoms with Crippen molar-refractivity contribution in [2.45, 2.75) is 20.3 Å². The zero-order chi connectivity index (χ0) is 11.5. The van der Waals surface area contributed by atoms with Crippen LogP contribution in [-0.2, 0) is 19.1 Å². The third-order valence-electron chi connectivity index (χ3n) is 1.49. The van der Waals surface area contributed by atoms with Gasteiger partial charge in [-0.25, -0.2) is 0 Å². The summed E-state index contributed by atoms with van der Waals surface area (Å²) in [6, 6.07) is 0. The molecular weight excluding hydrogens is 198 g/mol. The van der Waals surface area contributed by atoms with Gasteiger partial charge in [-0.2, -0.15) is 0 Å². The molecule has 1 N–H and O–H groups in total. The lowest BCUT2D eigenvalue weighted by Gasteiger charge is -2.05. The van der Waals surface area contributed by atoms with E-state index in [1.54, 1.807) is 0 Å². The molecule has 0 heterocycles. The highest BCUT2D eigenvalue weighted by molar-refractivity contribution is 5.84. The lowest BCUT2D eigenvalue weighted by atomic mass is 10.4. The number of carbonyl (C=O) groups is 2. The number of carbonyl (C=O) groups excluding carboxylic acids is 2. The maximum Gasteiger partial charge on any atom is 0.246 e. The Morgan fingerprint density at radius 1 is 1.13 bits per heavy atom. The average Bonchev–Trinajstić information content (AvgIpc) is 2.20. The second-order valence-electron chi connectivity index (χ2n) is 3.14. The first-order valence-corrected chi connectivity index (χ1v) is 5.08. The van der Waals surface area contributed by atoms with Crippen LogP contribution in [-0.4, -0.2) is 44.7 Å². The van der Waals surface area contributed by atoms with Crippen LogP contribution in [0.25, 0.3) is 0 Å². The first-order valence-electron chi connectivity index (χ1n) is 5.08. The van der Waals surface area contributed by atoms with E-state index in [9.17, 15) is 9.59 Å². The highest BCUT2D eigenvalue weighted by Crippen LogP contribution is 1.82. The molecule has 0 saturated carbocycles. The maximum atomic E-state index is 11.0. The molecule has 0 atom stereocenters. The monoisotopic (exact) mass is 217 g/mol. The van der Waals surface area contributed by atoms with Gasteiger partial charge in [0.15, 0.2) is 0 Å². The van der Waals surface area contributed by atoms with Gasteiger partial charge in [-0.15, -0.1) is 0 Å². The summed E-state index contributed by atoms with van der Waals surface area (Å²) in [6.45, 7) is 5.08. The molecule has 0 aromatic rings. The summed E-state index contributed by atoms with van der Waals surface area (Å²) in [7, 11) is 0. The van der Waals surface area contributed by atoms with E-state index in [4.69, 9.17) is 9.47 Å². The zero-order valence-electron chi connectivity index (χ0n) is 9.38. The van der Waals surface area contributed by atoms with Crippen molar-refractivity contribution in [1.29, 1.82) is 0 Å². The molecule has 0 aliphatic carbocycles. The van der Waals surface area contributed by atoms with E-state index in [-0.39, 0.29) is 24.8 Å². The number of ether oxygens (including phenoxy) is 2. The van der Waals surface area contributed by atoms with Crippen LogP contribution in [0.1, 0.15) is 20.3 Å². The van der Waals surface area contributed by atoms with Crippen molar-refractivity contribution in [2.24, 2.45) is 0 Å². The minimum absolute atomic E-state index is 0.0250. The molecule has 0 aromatic carbocycles. The second kappa shape index (κ2) is 9.61. The summed E-state index contributed by atoms with van der Waals surface area (Å²) in [5.74, 6) is -0.352. The fourth-order valence-electron chi connectivity index (χ4n) is 0.803. The van der Waals surface area contributed by atoms with Gasteiger partial charge in [0.25, 0.3) is 0 Å². The first kappa shape index (κ1) is 14.1. The molecule has 0 saturated heterocycles. The summed E-state index contributed by atoms with van der Waals surface area (Å²) in [5.41, 5.74) is 0. The Labute approximate surface area is 90.1 Å². The molecule has 0 rings (SSSR count). The van der Waals surface area contributed by atoms with E-state index in [0.29, 0.717) is 19.8 Å². The molecule has 0 aliphatic heterocycles. The van der Waals surface area contributed by atoms with Crippen LogP contribution >= 0.6 is 0 Å². The Balaban J connectivity index is 3.20. The number of amides is 1. The lowest BCUT2D eigenvalue weighted by molar-refractivity contribution is -0.128. The van der Waals surface area contributed by atoms with E-state index in [1.165, 1.54) is 6.92 Å². The average molecular weight is 217 g/mol. The smallest absolute Gasteiger partial charge is 0.246 e. The number of hydrogen-bond donors (Lipinski definition) is 1. The van der Waals surface area contributed by atoms with E-state index in [2.05, 4.69) is 5.32 Å². The topological polar surface area (TPSA) is 64.6 Å². The van der Waals surface area contributed by atoms with E-state index in [0.717, 1.165) is 6.42 Å². The molecule has 0 aliphatic rings. The van der Waals surface area contributed by atoms with Crippen LogP contribution in [0.5, 0.6) is 0 Å². The van der Waals surface area contributed by atoms with Crippen molar-refractivity contribution in [2.75, 3.05) is 33.0 Å². The van der Waals surface area contributed by atoms with Crippen molar-refractivity contribution >= 4 is 11.7 Å². The summed E-state index contributed by atoms with van der Waals surface area (Å²) >= 11 is 0. The van der Waals surface area contributed by atoms with Crippen LogP contribution < -0.4 is 5.32 Å². The Kier molecular flexibility index (Phi) is 9.01. The molecule has 0 radical (unpaired) electrons. The molecule has 15 heavy (non-hydrogen) atoms. The summed E-state index contributed by atoms with van der Waals surface area (Å²) in [6.07, 6.45) is 0.971. The largest absolute Gasteiger partial charge is 0.379 e. The first-order chi connectivity index (χ1) is 7.16. The number of Topliss-reactive ketones (excluding diaryl/α,β-unsaturated/α-hetero) is 1. The molecule has 5 heteroatoms. The SMILES string of the molecule is CCCOCCOCC(=O)NCC(C)=O. The highest BCUT2D eigenvalue weighted by atomic mass is 16.5. The van der Waals surface area contributed by atoms with Crippen LogP contribution in [0.2, 0.25) is 0 Å². The van der Waals surface area contributed by atoms with Gasteiger partial charge in [0, 0.05) is 6.61 Å². The third kappa shape index (κ3) is 11.0. The van der Waals surface area contributed by atoms with Gasteiger partial charge in [0.2, 0.25) is 5.91 Å². The quantitative estimate of drug-likeness (QED) is 0.558. The van der Waals surface area contributed by atoms with Crippen LogP contribution in [0.15, 0.2) is 0 Å². The minimum atomic E-state index is -0.277. The van der Waals surface area contributed by atoms with Gasteiger partial charge in [-0.05, 0) is 13.3 Å². The highest BCUT2D eigenvalue weighted by Gasteiger charge is 2.01. The summed E-state index contributed by atoms with van der Waals surface area (Å²) in [4.78, 5) is 21.5. The molecule has 88 valence electrons. The molecule has 0 aromatic heterocycles. The molecule has 0 bridgehead atoms. The Morgan fingerprint density at radius 3 is 2.40 bits per heavy atom. The lowest BCUT2D eigenvalue weighted by Crippen LogP contribution is -2.31. The predicted molar refractivity (Wildman–Crippen MR) is 55.6 cm³/mol. The van der Waals surface area contributed by atoms with Gasteiger partial charge in [0.05, 0.1) is 19.8 Å². The number of nitrogens with one attached hydrogen (secondary N) is 1. The third-order valence-corrected chi connectivity index (χ3v) is 1.49. The fraction of sp³-hybridized carbons (Fsp3) is 0.800. The number of ketones is 1. The van der Waals surface area contributed by atoms with Crippen molar-refractivity contribution in [3.05, 3.63) is 0 Å². The molecule has 0 unspecified atom stereocenters. The number of rotatable bonds is 9.